The van der Waals surface area contributed by atoms with E-state index in [1.54, 1.807) is 6.07 Å². The molecule has 3 aromatic rings. The van der Waals surface area contributed by atoms with Crippen LogP contribution >= 0.6 is 0 Å². The molecule has 2 aromatic heterocycles. The second-order valence-corrected chi connectivity index (χ2v) is 7.81. The fourth-order valence-corrected chi connectivity index (χ4v) is 4.51. The maximum absolute atomic E-state index is 14.0. The number of carbonyl (C=O) groups excluding carboxylic acids is 1. The summed E-state index contributed by atoms with van der Waals surface area (Å²) in [4.78, 5) is 21.0. The highest BCUT2D eigenvalue weighted by Gasteiger charge is 2.47. The first-order valence-electron chi connectivity index (χ1n) is 9.75. The number of hydrogen-bond acceptors (Lipinski definition) is 5. The molecule has 8 heteroatoms. The average molecular weight is 392 g/mol. The molecule has 3 unspecified atom stereocenters. The number of aromatic nitrogens is 4. The van der Waals surface area contributed by atoms with Crippen molar-refractivity contribution in [3.63, 3.8) is 0 Å². The summed E-state index contributed by atoms with van der Waals surface area (Å²) < 4.78 is 14.0. The van der Waals surface area contributed by atoms with Crippen molar-refractivity contribution in [2.45, 2.75) is 31.8 Å². The summed E-state index contributed by atoms with van der Waals surface area (Å²) >= 11 is 0. The van der Waals surface area contributed by atoms with Gasteiger partial charge in [-0.1, -0.05) is 6.07 Å². The Labute approximate surface area is 167 Å². The van der Waals surface area contributed by atoms with Crippen molar-refractivity contribution in [3.8, 4) is 5.69 Å². The molecule has 148 valence electrons. The molecule has 1 aliphatic carbocycles. The lowest BCUT2D eigenvalue weighted by Gasteiger charge is -2.34. The molecule has 1 aromatic carbocycles. The fourth-order valence-electron chi connectivity index (χ4n) is 4.51. The second kappa shape index (κ2) is 6.95. The van der Waals surface area contributed by atoms with Crippen molar-refractivity contribution in [3.05, 3.63) is 65.9 Å². The van der Waals surface area contributed by atoms with E-state index >= 15 is 0 Å². The number of nitrogens with one attached hydrogen (secondary N) is 1. The highest BCUT2D eigenvalue weighted by molar-refractivity contribution is 5.98. The molecule has 7 nitrogen and oxygen atoms in total. The number of likely N-dealkylation sites (tertiary alicyclic amines) is 1. The van der Waals surface area contributed by atoms with Crippen LogP contribution in [0.15, 0.2) is 48.9 Å². The van der Waals surface area contributed by atoms with Crippen molar-refractivity contribution in [2.24, 2.45) is 5.92 Å². The van der Waals surface area contributed by atoms with Crippen LogP contribution in [0.3, 0.4) is 0 Å². The molecule has 2 aliphatic rings. The number of nitrogens with zero attached hydrogens (tertiary/aromatic N) is 5. The molecular formula is C21H21FN6O. The van der Waals surface area contributed by atoms with Crippen molar-refractivity contribution in [1.29, 1.82) is 0 Å². The normalized spacial score (nSPS) is 22.8. The van der Waals surface area contributed by atoms with Gasteiger partial charge in [0.25, 0.3) is 5.91 Å². The Balaban J connectivity index is 1.41. The van der Waals surface area contributed by atoms with E-state index in [1.807, 2.05) is 30.2 Å². The first kappa shape index (κ1) is 17.8. The summed E-state index contributed by atoms with van der Waals surface area (Å²) in [5, 5.41) is 11.7. The van der Waals surface area contributed by atoms with Gasteiger partial charge in [0, 0.05) is 18.8 Å². The number of rotatable bonds is 4. The molecule has 1 N–H and O–H groups in total. The Hall–Kier alpha value is -3.29. The summed E-state index contributed by atoms with van der Waals surface area (Å²) in [6, 6.07) is 8.30. The van der Waals surface area contributed by atoms with E-state index in [1.165, 1.54) is 29.3 Å². The molecule has 1 amide bonds. The third-order valence-corrected chi connectivity index (χ3v) is 5.81. The van der Waals surface area contributed by atoms with Crippen LogP contribution in [-0.2, 0) is 0 Å². The Kier molecular flexibility index (Phi) is 4.26. The Morgan fingerprint density at radius 2 is 2.00 bits per heavy atom. The van der Waals surface area contributed by atoms with E-state index in [2.05, 4.69) is 20.5 Å². The van der Waals surface area contributed by atoms with Crippen molar-refractivity contribution in [1.82, 2.24) is 24.9 Å². The third-order valence-electron chi connectivity index (χ3n) is 5.81. The summed E-state index contributed by atoms with van der Waals surface area (Å²) in [6.07, 6.45) is 6.84. The lowest BCUT2D eigenvalue weighted by Crippen LogP contribution is -2.48. The van der Waals surface area contributed by atoms with Gasteiger partial charge in [-0.25, -0.2) is 9.37 Å². The number of aryl methyl sites for hydroxylation is 1. The zero-order valence-electron chi connectivity index (χ0n) is 16.0. The number of amides is 1. The fraction of sp³-hybridized carbons (Fsp3) is 0.333. The predicted molar refractivity (Wildman–Crippen MR) is 105 cm³/mol. The number of piperidine rings is 1. The van der Waals surface area contributed by atoms with Crippen molar-refractivity contribution < 1.29 is 9.18 Å². The van der Waals surface area contributed by atoms with Gasteiger partial charge in [-0.15, -0.1) is 0 Å². The first-order chi connectivity index (χ1) is 14.1. The third kappa shape index (κ3) is 3.24. The summed E-state index contributed by atoms with van der Waals surface area (Å²) in [5.41, 5.74) is 1.86. The molecule has 1 saturated heterocycles. The van der Waals surface area contributed by atoms with Crippen LogP contribution < -0.4 is 5.32 Å². The SMILES string of the molecule is Cc1ccc(NC2CC3CC2N(C(=O)c2cc(F)ccc2-n2nccn2)C3)nc1. The zero-order valence-corrected chi connectivity index (χ0v) is 16.0. The second-order valence-electron chi connectivity index (χ2n) is 7.81. The molecule has 1 saturated carbocycles. The molecule has 5 rings (SSSR count). The van der Waals surface area contributed by atoms with Crippen LogP contribution in [-0.4, -0.2) is 49.4 Å². The molecule has 1 aliphatic heterocycles. The highest BCUT2D eigenvalue weighted by Crippen LogP contribution is 2.40. The summed E-state index contributed by atoms with van der Waals surface area (Å²) in [5.74, 6) is 0.610. The average Bonchev–Trinajstić information content (AvgIpc) is 3.46. The predicted octanol–water partition coefficient (Wildman–Crippen LogP) is 2.82. The van der Waals surface area contributed by atoms with Gasteiger partial charge in [0.1, 0.15) is 11.6 Å². The molecule has 2 fully saturated rings. The van der Waals surface area contributed by atoms with E-state index < -0.39 is 5.82 Å². The topological polar surface area (TPSA) is 75.9 Å². The minimum Gasteiger partial charge on any atom is -0.365 e. The Morgan fingerprint density at radius 3 is 2.72 bits per heavy atom. The van der Waals surface area contributed by atoms with Gasteiger partial charge in [-0.2, -0.15) is 15.0 Å². The zero-order chi connectivity index (χ0) is 20.0. The molecule has 0 spiro atoms. The quantitative estimate of drug-likeness (QED) is 0.739. The van der Waals surface area contributed by atoms with Gasteiger partial charge >= 0.3 is 0 Å². The first-order valence-corrected chi connectivity index (χ1v) is 9.75. The molecule has 2 bridgehead atoms. The van der Waals surface area contributed by atoms with E-state index in [-0.39, 0.29) is 23.6 Å². The number of benzene rings is 1. The number of halogens is 1. The van der Waals surface area contributed by atoms with Gasteiger partial charge in [-0.3, -0.25) is 4.79 Å². The molecule has 29 heavy (non-hydrogen) atoms. The Bertz CT molecular complexity index is 1040. The van der Waals surface area contributed by atoms with Crippen molar-refractivity contribution >= 4 is 11.7 Å². The monoisotopic (exact) mass is 392 g/mol. The van der Waals surface area contributed by atoms with Gasteiger partial charge in [0.2, 0.25) is 0 Å². The molecule has 3 atom stereocenters. The Morgan fingerprint density at radius 1 is 1.17 bits per heavy atom. The standard InChI is InChI=1S/C21H21FN6O/c1-13-2-5-20(23-11-13)26-17-8-14-9-19(17)27(12-14)21(29)16-10-15(22)3-4-18(16)28-24-6-7-25-28/h2-7,10-11,14,17,19H,8-9,12H2,1H3,(H,23,26). The van der Waals surface area contributed by atoms with E-state index in [0.717, 1.165) is 24.2 Å². The summed E-state index contributed by atoms with van der Waals surface area (Å²) in [7, 11) is 0. The number of anilines is 1. The van der Waals surface area contributed by atoms with E-state index in [9.17, 15) is 9.18 Å². The van der Waals surface area contributed by atoms with Crippen LogP contribution in [0, 0.1) is 18.7 Å². The van der Waals surface area contributed by atoms with Gasteiger partial charge < -0.3 is 10.2 Å². The molecule has 3 heterocycles. The number of fused-ring (bicyclic) bond motifs is 2. The summed E-state index contributed by atoms with van der Waals surface area (Å²) in [6.45, 7) is 2.69. The number of carbonyl (C=O) groups is 1. The van der Waals surface area contributed by atoms with Crippen LogP contribution in [0.25, 0.3) is 5.69 Å². The van der Waals surface area contributed by atoms with E-state index in [0.29, 0.717) is 18.2 Å². The minimum absolute atomic E-state index is 0.0531. The van der Waals surface area contributed by atoms with Crippen LogP contribution in [0.1, 0.15) is 28.8 Å². The van der Waals surface area contributed by atoms with Crippen LogP contribution in [0.5, 0.6) is 0 Å². The maximum Gasteiger partial charge on any atom is 0.256 e. The lowest BCUT2D eigenvalue weighted by molar-refractivity contribution is 0.0691. The van der Waals surface area contributed by atoms with Gasteiger partial charge in [0.15, 0.2) is 0 Å². The number of hydrogen-bond donors (Lipinski definition) is 1. The lowest BCUT2D eigenvalue weighted by atomic mass is 10.0. The largest absolute Gasteiger partial charge is 0.365 e. The smallest absolute Gasteiger partial charge is 0.256 e. The van der Waals surface area contributed by atoms with Gasteiger partial charge in [0.05, 0.1) is 29.7 Å². The van der Waals surface area contributed by atoms with E-state index in [4.69, 9.17) is 0 Å². The molecule has 0 radical (unpaired) electrons. The van der Waals surface area contributed by atoms with Gasteiger partial charge in [-0.05, 0) is 55.5 Å². The van der Waals surface area contributed by atoms with Crippen molar-refractivity contribution in [2.75, 3.05) is 11.9 Å². The highest BCUT2D eigenvalue weighted by atomic mass is 19.1. The maximum atomic E-state index is 14.0. The minimum atomic E-state index is -0.452. The van der Waals surface area contributed by atoms with Crippen LogP contribution in [0.2, 0.25) is 0 Å². The van der Waals surface area contributed by atoms with Crippen LogP contribution in [0.4, 0.5) is 10.2 Å². The molecular weight excluding hydrogens is 371 g/mol. The number of pyridine rings is 1.